The van der Waals surface area contributed by atoms with Gasteiger partial charge in [-0.25, -0.2) is 4.90 Å². The van der Waals surface area contributed by atoms with Crippen LogP contribution in [0.1, 0.15) is 11.1 Å². The lowest BCUT2D eigenvalue weighted by molar-refractivity contribution is -0.120. The summed E-state index contributed by atoms with van der Waals surface area (Å²) in [5.41, 5.74) is 2.96. The van der Waals surface area contributed by atoms with Crippen molar-refractivity contribution in [1.29, 1.82) is 0 Å². The van der Waals surface area contributed by atoms with E-state index >= 15 is 0 Å². The zero-order chi connectivity index (χ0) is 20.7. The van der Waals surface area contributed by atoms with Crippen molar-refractivity contribution in [2.75, 3.05) is 38.1 Å². The lowest BCUT2D eigenvalue weighted by Gasteiger charge is -2.34. The predicted molar refractivity (Wildman–Crippen MR) is 116 cm³/mol. The molecule has 150 valence electrons. The molecule has 1 fully saturated rings. The molecule has 4 rings (SSSR count). The summed E-state index contributed by atoms with van der Waals surface area (Å²) >= 11 is 12.5. The summed E-state index contributed by atoms with van der Waals surface area (Å²) < 4.78 is 0. The lowest BCUT2D eigenvalue weighted by atomic mass is 10.0. The number of piperazine rings is 1. The Morgan fingerprint density at radius 2 is 1.52 bits per heavy atom. The summed E-state index contributed by atoms with van der Waals surface area (Å²) in [7, 11) is 2.05. The van der Waals surface area contributed by atoms with Gasteiger partial charge in [0.15, 0.2) is 0 Å². The maximum absolute atomic E-state index is 13.5. The number of benzene rings is 2. The van der Waals surface area contributed by atoms with Crippen molar-refractivity contribution in [3.63, 3.8) is 0 Å². The van der Waals surface area contributed by atoms with Gasteiger partial charge in [-0.1, -0.05) is 53.0 Å². The average molecular weight is 430 g/mol. The summed E-state index contributed by atoms with van der Waals surface area (Å²) in [6.45, 7) is 4.99. The number of anilines is 1. The van der Waals surface area contributed by atoms with Crippen molar-refractivity contribution >= 4 is 46.3 Å². The van der Waals surface area contributed by atoms with Gasteiger partial charge in [-0.15, -0.1) is 0 Å². The number of amides is 2. The minimum absolute atomic E-state index is 0.305. The summed E-state index contributed by atoms with van der Waals surface area (Å²) in [6.07, 6.45) is 0. The van der Waals surface area contributed by atoms with Crippen LogP contribution in [0, 0.1) is 6.92 Å². The topological polar surface area (TPSA) is 43.9 Å². The van der Waals surface area contributed by atoms with Gasteiger partial charge >= 0.3 is 0 Å². The third-order valence-corrected chi connectivity index (χ3v) is 5.92. The van der Waals surface area contributed by atoms with Crippen LogP contribution in [0.2, 0.25) is 10.0 Å². The summed E-state index contributed by atoms with van der Waals surface area (Å²) in [6, 6.07) is 12.4. The largest absolute Gasteiger partial charge is 0.364 e. The van der Waals surface area contributed by atoms with Crippen molar-refractivity contribution in [3.05, 3.63) is 69.3 Å². The van der Waals surface area contributed by atoms with E-state index in [1.807, 2.05) is 43.1 Å². The molecule has 0 spiro atoms. The molecule has 0 N–H and O–H groups in total. The number of carbonyl (C=O) groups is 2. The average Bonchev–Trinajstić information content (AvgIpc) is 2.95. The third kappa shape index (κ3) is 3.66. The molecule has 2 heterocycles. The Hall–Kier alpha value is -2.34. The number of imide groups is 1. The second-order valence-corrected chi connectivity index (χ2v) is 8.27. The van der Waals surface area contributed by atoms with Gasteiger partial charge in [0.05, 0.1) is 16.3 Å². The van der Waals surface area contributed by atoms with Gasteiger partial charge in [0, 0.05) is 31.2 Å². The number of aryl methyl sites for hydroxylation is 1. The Kier molecular flexibility index (Phi) is 5.38. The van der Waals surface area contributed by atoms with Crippen molar-refractivity contribution < 1.29 is 9.59 Å². The molecule has 5 nitrogen and oxygen atoms in total. The minimum Gasteiger partial charge on any atom is -0.364 e. The molecule has 2 aromatic rings. The van der Waals surface area contributed by atoms with Gasteiger partial charge in [-0.2, -0.15) is 0 Å². The van der Waals surface area contributed by atoms with Crippen LogP contribution in [0.25, 0.3) is 5.57 Å². The standard InChI is InChI=1S/C22H21Cl2N3O2/c1-14-3-5-15(6-4-14)19-20(26-11-9-25(2)10-12-26)22(29)27(21(19)28)18-13-16(23)7-8-17(18)24/h3-8,13H,9-12H2,1-2H3. The van der Waals surface area contributed by atoms with E-state index in [1.54, 1.807) is 18.2 Å². The van der Waals surface area contributed by atoms with E-state index in [-0.39, 0.29) is 11.8 Å². The second kappa shape index (κ2) is 7.82. The molecular formula is C22H21Cl2N3O2. The summed E-state index contributed by atoms with van der Waals surface area (Å²) in [5.74, 6) is -0.740. The number of nitrogens with zero attached hydrogens (tertiary/aromatic N) is 3. The zero-order valence-corrected chi connectivity index (χ0v) is 17.8. The number of hydrogen-bond acceptors (Lipinski definition) is 4. The first-order valence-electron chi connectivity index (χ1n) is 9.45. The van der Waals surface area contributed by atoms with Crippen molar-refractivity contribution in [2.45, 2.75) is 6.92 Å². The molecule has 0 radical (unpaired) electrons. The van der Waals surface area contributed by atoms with Gasteiger partial charge < -0.3 is 9.80 Å². The predicted octanol–water partition coefficient (Wildman–Crippen LogP) is 3.83. The number of halogens is 2. The molecule has 7 heteroatoms. The highest BCUT2D eigenvalue weighted by Crippen LogP contribution is 2.38. The van der Waals surface area contributed by atoms with E-state index in [0.717, 1.165) is 29.1 Å². The zero-order valence-electron chi connectivity index (χ0n) is 16.3. The van der Waals surface area contributed by atoms with E-state index in [0.29, 0.717) is 40.1 Å². The fourth-order valence-corrected chi connectivity index (χ4v) is 4.07. The van der Waals surface area contributed by atoms with E-state index in [9.17, 15) is 9.59 Å². The van der Waals surface area contributed by atoms with E-state index in [4.69, 9.17) is 23.2 Å². The quantitative estimate of drug-likeness (QED) is 0.695. The second-order valence-electron chi connectivity index (χ2n) is 7.42. The first-order valence-corrected chi connectivity index (χ1v) is 10.2. The normalized spacial score (nSPS) is 18.2. The van der Waals surface area contributed by atoms with Crippen LogP contribution >= 0.6 is 23.2 Å². The monoisotopic (exact) mass is 429 g/mol. The van der Waals surface area contributed by atoms with Crippen LogP contribution in [0.5, 0.6) is 0 Å². The van der Waals surface area contributed by atoms with Crippen molar-refractivity contribution in [3.8, 4) is 0 Å². The molecule has 0 unspecified atom stereocenters. The molecule has 0 bridgehead atoms. The Bertz CT molecular complexity index is 1010. The van der Waals surface area contributed by atoms with Crippen molar-refractivity contribution in [2.24, 2.45) is 0 Å². The molecule has 2 aromatic carbocycles. The summed E-state index contributed by atoms with van der Waals surface area (Å²) in [5, 5.41) is 0.717. The fraction of sp³-hybridized carbons (Fsp3) is 0.273. The molecule has 0 atom stereocenters. The van der Waals surface area contributed by atoms with Crippen LogP contribution in [-0.4, -0.2) is 54.8 Å². The first kappa shape index (κ1) is 20.0. The van der Waals surface area contributed by atoms with Gasteiger partial charge in [0.1, 0.15) is 5.70 Å². The van der Waals surface area contributed by atoms with Crippen molar-refractivity contribution in [1.82, 2.24) is 9.80 Å². The summed E-state index contributed by atoms with van der Waals surface area (Å²) in [4.78, 5) is 32.4. The molecular weight excluding hydrogens is 409 g/mol. The molecule has 2 amide bonds. The molecule has 2 aliphatic heterocycles. The molecule has 0 aliphatic carbocycles. The van der Waals surface area contributed by atoms with Crippen LogP contribution < -0.4 is 4.90 Å². The SMILES string of the molecule is Cc1ccc(C2=C(N3CCN(C)CC3)C(=O)N(c3cc(Cl)ccc3Cl)C2=O)cc1. The third-order valence-electron chi connectivity index (χ3n) is 5.37. The van der Waals surface area contributed by atoms with Gasteiger partial charge in [0.2, 0.25) is 0 Å². The lowest BCUT2D eigenvalue weighted by Crippen LogP contribution is -2.46. The first-order chi connectivity index (χ1) is 13.9. The molecule has 29 heavy (non-hydrogen) atoms. The molecule has 0 saturated carbocycles. The number of rotatable bonds is 3. The van der Waals surface area contributed by atoms with Crippen LogP contribution in [-0.2, 0) is 9.59 Å². The molecule has 2 aliphatic rings. The van der Waals surface area contributed by atoms with E-state index < -0.39 is 0 Å². The Balaban J connectivity index is 1.83. The smallest absolute Gasteiger partial charge is 0.282 e. The highest BCUT2D eigenvalue weighted by molar-refractivity contribution is 6.47. The highest BCUT2D eigenvalue weighted by Gasteiger charge is 2.43. The fourth-order valence-electron chi connectivity index (χ4n) is 3.70. The van der Waals surface area contributed by atoms with Crippen LogP contribution in [0.4, 0.5) is 5.69 Å². The minimum atomic E-state index is -0.378. The van der Waals surface area contributed by atoms with Gasteiger partial charge in [-0.05, 0) is 37.7 Å². The van der Waals surface area contributed by atoms with Gasteiger partial charge in [-0.3, -0.25) is 9.59 Å². The number of likely N-dealkylation sites (N-methyl/N-ethyl adjacent to an activating group) is 1. The highest BCUT2D eigenvalue weighted by atomic mass is 35.5. The number of carbonyl (C=O) groups excluding carboxylic acids is 2. The Morgan fingerprint density at radius 1 is 0.862 bits per heavy atom. The maximum Gasteiger partial charge on any atom is 0.282 e. The number of hydrogen-bond donors (Lipinski definition) is 0. The molecule has 1 saturated heterocycles. The molecule has 0 aromatic heterocycles. The van der Waals surface area contributed by atoms with E-state index in [2.05, 4.69) is 4.90 Å². The Labute approximate surface area is 180 Å². The Morgan fingerprint density at radius 3 is 2.17 bits per heavy atom. The van der Waals surface area contributed by atoms with Crippen LogP contribution in [0.3, 0.4) is 0 Å². The maximum atomic E-state index is 13.5. The van der Waals surface area contributed by atoms with E-state index in [1.165, 1.54) is 0 Å². The van der Waals surface area contributed by atoms with Gasteiger partial charge in [0.25, 0.3) is 11.8 Å². The van der Waals surface area contributed by atoms with Crippen LogP contribution in [0.15, 0.2) is 48.2 Å².